The number of benzene rings is 1. The molecular formula is C14H16O2. The highest BCUT2D eigenvalue weighted by Gasteiger charge is 2.33. The summed E-state index contributed by atoms with van der Waals surface area (Å²) in [7, 11) is 0. The molecule has 0 radical (unpaired) electrons. The molecule has 0 N–H and O–H groups in total. The highest BCUT2D eigenvalue weighted by atomic mass is 16.5. The number of para-hydroxylation sites is 1. The van der Waals surface area contributed by atoms with E-state index < -0.39 is 0 Å². The van der Waals surface area contributed by atoms with Crippen LogP contribution >= 0.6 is 0 Å². The Hall–Kier alpha value is -1.31. The predicted molar refractivity (Wildman–Crippen MR) is 61.5 cm³/mol. The van der Waals surface area contributed by atoms with E-state index in [2.05, 4.69) is 6.07 Å². The SMILES string of the molecule is O=C(C1CCC1)C1COc2ccccc2C1. The number of carbonyl (C=O) groups excluding carboxylic acids is 1. The van der Waals surface area contributed by atoms with E-state index in [4.69, 9.17) is 4.74 Å². The first-order chi connectivity index (χ1) is 7.84. The Bertz CT molecular complexity index is 407. The van der Waals surface area contributed by atoms with Crippen molar-refractivity contribution in [3.05, 3.63) is 29.8 Å². The minimum atomic E-state index is 0.0974. The van der Waals surface area contributed by atoms with Crippen LogP contribution in [0.1, 0.15) is 24.8 Å². The van der Waals surface area contributed by atoms with Gasteiger partial charge in [0.15, 0.2) is 0 Å². The number of Topliss-reactive ketones (excluding diaryl/α,β-unsaturated/α-hetero) is 1. The van der Waals surface area contributed by atoms with Crippen LogP contribution in [-0.4, -0.2) is 12.4 Å². The van der Waals surface area contributed by atoms with Crippen LogP contribution in [0.25, 0.3) is 0 Å². The van der Waals surface area contributed by atoms with Crippen molar-refractivity contribution in [3.8, 4) is 5.75 Å². The lowest BCUT2D eigenvalue weighted by Gasteiger charge is -2.31. The predicted octanol–water partition coefficient (Wildman–Crippen LogP) is 2.61. The first kappa shape index (κ1) is 9.88. The summed E-state index contributed by atoms with van der Waals surface area (Å²) in [5.41, 5.74) is 1.19. The summed E-state index contributed by atoms with van der Waals surface area (Å²) in [6.45, 7) is 0.576. The first-order valence-corrected chi connectivity index (χ1v) is 6.09. The summed E-state index contributed by atoms with van der Waals surface area (Å²) in [5, 5.41) is 0. The third-order valence-electron chi connectivity index (χ3n) is 3.79. The van der Waals surface area contributed by atoms with Crippen LogP contribution in [0, 0.1) is 11.8 Å². The zero-order chi connectivity index (χ0) is 11.0. The van der Waals surface area contributed by atoms with Gasteiger partial charge in [0.1, 0.15) is 11.5 Å². The lowest BCUT2D eigenvalue weighted by Crippen LogP contribution is -2.35. The largest absolute Gasteiger partial charge is 0.493 e. The van der Waals surface area contributed by atoms with Crippen LogP contribution in [0.5, 0.6) is 5.75 Å². The molecule has 1 aliphatic carbocycles. The second-order valence-electron chi connectivity index (χ2n) is 4.85. The second-order valence-corrected chi connectivity index (χ2v) is 4.85. The highest BCUT2D eigenvalue weighted by Crippen LogP contribution is 2.34. The number of rotatable bonds is 2. The number of ether oxygens (including phenoxy) is 1. The molecule has 84 valence electrons. The molecule has 16 heavy (non-hydrogen) atoms. The Morgan fingerprint density at radius 1 is 1.19 bits per heavy atom. The van der Waals surface area contributed by atoms with Gasteiger partial charge in [-0.05, 0) is 30.9 Å². The van der Waals surface area contributed by atoms with E-state index in [0.29, 0.717) is 18.3 Å². The van der Waals surface area contributed by atoms with Gasteiger partial charge in [-0.1, -0.05) is 24.6 Å². The normalized spacial score (nSPS) is 24.1. The van der Waals surface area contributed by atoms with Gasteiger partial charge in [0.2, 0.25) is 0 Å². The quantitative estimate of drug-likeness (QED) is 0.759. The molecule has 0 bridgehead atoms. The van der Waals surface area contributed by atoms with Gasteiger partial charge in [-0.3, -0.25) is 4.79 Å². The molecule has 3 rings (SSSR count). The molecule has 1 heterocycles. The van der Waals surface area contributed by atoms with Crippen molar-refractivity contribution < 1.29 is 9.53 Å². The maximum Gasteiger partial charge on any atom is 0.142 e. The summed E-state index contributed by atoms with van der Waals surface area (Å²) >= 11 is 0. The van der Waals surface area contributed by atoms with E-state index in [-0.39, 0.29) is 5.92 Å². The third kappa shape index (κ3) is 1.62. The third-order valence-corrected chi connectivity index (χ3v) is 3.79. The fourth-order valence-corrected chi connectivity index (χ4v) is 2.54. The summed E-state index contributed by atoms with van der Waals surface area (Å²) in [6.07, 6.45) is 4.28. The fraction of sp³-hybridized carbons (Fsp3) is 0.500. The van der Waals surface area contributed by atoms with Crippen LogP contribution in [0.4, 0.5) is 0 Å². The average Bonchev–Trinajstić information content (AvgIpc) is 2.26. The van der Waals surface area contributed by atoms with Crippen molar-refractivity contribution in [2.75, 3.05) is 6.61 Å². The van der Waals surface area contributed by atoms with Crippen molar-refractivity contribution in [2.45, 2.75) is 25.7 Å². The van der Waals surface area contributed by atoms with Gasteiger partial charge in [0, 0.05) is 5.92 Å². The molecule has 0 amide bonds. The molecule has 0 aromatic heterocycles. The number of fused-ring (bicyclic) bond motifs is 1. The molecule has 1 saturated carbocycles. The van der Waals surface area contributed by atoms with E-state index >= 15 is 0 Å². The molecule has 2 heteroatoms. The van der Waals surface area contributed by atoms with Crippen LogP contribution in [-0.2, 0) is 11.2 Å². The minimum absolute atomic E-state index is 0.0974. The number of hydrogen-bond acceptors (Lipinski definition) is 2. The number of carbonyl (C=O) groups is 1. The van der Waals surface area contributed by atoms with Crippen LogP contribution in [0.2, 0.25) is 0 Å². The summed E-state index contributed by atoms with van der Waals surface area (Å²) in [4.78, 5) is 12.1. The fourth-order valence-electron chi connectivity index (χ4n) is 2.54. The Morgan fingerprint density at radius 2 is 2.00 bits per heavy atom. The van der Waals surface area contributed by atoms with Crippen LogP contribution in [0.15, 0.2) is 24.3 Å². The van der Waals surface area contributed by atoms with E-state index in [1.54, 1.807) is 0 Å². The minimum Gasteiger partial charge on any atom is -0.493 e. The zero-order valence-corrected chi connectivity index (χ0v) is 9.32. The second kappa shape index (κ2) is 3.93. The van der Waals surface area contributed by atoms with E-state index in [1.807, 2.05) is 18.2 Å². The topological polar surface area (TPSA) is 26.3 Å². The standard InChI is InChI=1S/C14H16O2/c15-14(10-5-3-6-10)12-8-11-4-1-2-7-13(11)16-9-12/h1-2,4,7,10,12H,3,5-6,8-9H2. The van der Waals surface area contributed by atoms with Crippen LogP contribution in [0.3, 0.4) is 0 Å². The van der Waals surface area contributed by atoms with Crippen LogP contribution < -0.4 is 4.74 Å². The Labute approximate surface area is 95.6 Å². The molecule has 1 fully saturated rings. The summed E-state index contributed by atoms with van der Waals surface area (Å²) in [5.74, 6) is 1.82. The van der Waals surface area contributed by atoms with Gasteiger partial charge in [0.05, 0.1) is 12.5 Å². The molecule has 0 spiro atoms. The molecule has 2 aliphatic rings. The van der Waals surface area contributed by atoms with Gasteiger partial charge in [-0.25, -0.2) is 0 Å². The van der Waals surface area contributed by atoms with Crippen molar-refractivity contribution in [3.63, 3.8) is 0 Å². The van der Waals surface area contributed by atoms with Gasteiger partial charge < -0.3 is 4.74 Å². The number of ketones is 1. The van der Waals surface area contributed by atoms with Crippen molar-refractivity contribution >= 4 is 5.78 Å². The molecule has 1 aromatic rings. The molecule has 1 atom stereocenters. The zero-order valence-electron chi connectivity index (χ0n) is 9.32. The number of hydrogen-bond donors (Lipinski definition) is 0. The van der Waals surface area contributed by atoms with E-state index in [0.717, 1.165) is 25.0 Å². The van der Waals surface area contributed by atoms with Gasteiger partial charge in [-0.15, -0.1) is 0 Å². The Kier molecular flexibility index (Phi) is 2.43. The smallest absolute Gasteiger partial charge is 0.142 e. The first-order valence-electron chi connectivity index (χ1n) is 6.09. The summed E-state index contributed by atoms with van der Waals surface area (Å²) in [6, 6.07) is 8.04. The maximum atomic E-state index is 12.1. The maximum absolute atomic E-state index is 12.1. The lowest BCUT2D eigenvalue weighted by atomic mass is 9.76. The molecular weight excluding hydrogens is 200 g/mol. The molecule has 1 aromatic carbocycles. The molecule has 1 aliphatic heterocycles. The van der Waals surface area contributed by atoms with E-state index in [9.17, 15) is 4.79 Å². The molecule has 0 saturated heterocycles. The molecule has 1 unspecified atom stereocenters. The average molecular weight is 216 g/mol. The van der Waals surface area contributed by atoms with Crippen molar-refractivity contribution in [2.24, 2.45) is 11.8 Å². The highest BCUT2D eigenvalue weighted by molar-refractivity contribution is 5.84. The van der Waals surface area contributed by atoms with Crippen molar-refractivity contribution in [1.82, 2.24) is 0 Å². The monoisotopic (exact) mass is 216 g/mol. The van der Waals surface area contributed by atoms with Gasteiger partial charge >= 0.3 is 0 Å². The Balaban J connectivity index is 1.74. The lowest BCUT2D eigenvalue weighted by molar-refractivity contribution is -0.130. The van der Waals surface area contributed by atoms with Gasteiger partial charge in [0.25, 0.3) is 0 Å². The van der Waals surface area contributed by atoms with E-state index in [1.165, 1.54) is 12.0 Å². The van der Waals surface area contributed by atoms with Gasteiger partial charge in [-0.2, -0.15) is 0 Å². The summed E-state index contributed by atoms with van der Waals surface area (Å²) < 4.78 is 5.66. The van der Waals surface area contributed by atoms with Crippen molar-refractivity contribution in [1.29, 1.82) is 0 Å². The molecule has 2 nitrogen and oxygen atoms in total. The Morgan fingerprint density at radius 3 is 2.75 bits per heavy atom.